The van der Waals surface area contributed by atoms with Crippen molar-refractivity contribution in [3.63, 3.8) is 0 Å². The lowest BCUT2D eigenvalue weighted by Gasteiger charge is -2.22. The molecule has 0 aliphatic rings. The topological polar surface area (TPSA) is 94.5 Å². The number of carbonyl (C=O) groups is 2. The molecule has 204 valence electrons. The SMILES string of the molecule is CCOC(Cc1ccc(OCCN(CCOCCC(C)(F)F)C(=O)Oc2ccc(F)cc2)cc1)C(=O)O. The smallest absolute Gasteiger partial charge is 0.415 e. The van der Waals surface area contributed by atoms with Crippen LogP contribution in [-0.2, 0) is 20.7 Å². The number of ether oxygens (including phenoxy) is 4. The second-order valence-corrected chi connectivity index (χ2v) is 8.22. The fourth-order valence-corrected chi connectivity index (χ4v) is 3.12. The predicted molar refractivity (Wildman–Crippen MR) is 129 cm³/mol. The van der Waals surface area contributed by atoms with Gasteiger partial charge in [-0.15, -0.1) is 0 Å². The van der Waals surface area contributed by atoms with Gasteiger partial charge in [-0.25, -0.2) is 22.8 Å². The summed E-state index contributed by atoms with van der Waals surface area (Å²) < 4.78 is 60.4. The van der Waals surface area contributed by atoms with Crippen molar-refractivity contribution < 1.29 is 46.8 Å². The van der Waals surface area contributed by atoms with Gasteiger partial charge in [0.2, 0.25) is 5.92 Å². The molecule has 0 spiro atoms. The Kier molecular flexibility index (Phi) is 12.2. The van der Waals surface area contributed by atoms with Crippen LogP contribution in [0.2, 0.25) is 0 Å². The molecule has 1 N–H and O–H groups in total. The van der Waals surface area contributed by atoms with Crippen molar-refractivity contribution >= 4 is 12.1 Å². The lowest BCUT2D eigenvalue weighted by atomic mass is 10.1. The van der Waals surface area contributed by atoms with Gasteiger partial charge in [0.05, 0.1) is 19.8 Å². The summed E-state index contributed by atoms with van der Waals surface area (Å²) in [5, 5.41) is 9.21. The van der Waals surface area contributed by atoms with E-state index in [1.54, 1.807) is 31.2 Å². The molecule has 0 aromatic heterocycles. The van der Waals surface area contributed by atoms with Crippen LogP contribution in [0.25, 0.3) is 0 Å². The van der Waals surface area contributed by atoms with Crippen LogP contribution in [0.5, 0.6) is 11.5 Å². The van der Waals surface area contributed by atoms with Crippen molar-refractivity contribution in [3.05, 3.63) is 59.9 Å². The number of alkyl halides is 2. The number of benzene rings is 2. The van der Waals surface area contributed by atoms with Crippen LogP contribution < -0.4 is 9.47 Å². The number of aliphatic carboxylic acids is 1. The highest BCUT2D eigenvalue weighted by Crippen LogP contribution is 2.17. The van der Waals surface area contributed by atoms with Crippen molar-refractivity contribution in [2.75, 3.05) is 39.5 Å². The number of carboxylic acids is 1. The molecule has 11 heteroatoms. The van der Waals surface area contributed by atoms with E-state index in [9.17, 15) is 27.9 Å². The molecular formula is C26H32F3NO7. The average Bonchev–Trinajstić information content (AvgIpc) is 2.84. The maximum atomic E-state index is 13.1. The number of rotatable bonds is 16. The van der Waals surface area contributed by atoms with E-state index in [1.807, 2.05) is 0 Å². The Morgan fingerprint density at radius 1 is 0.973 bits per heavy atom. The van der Waals surface area contributed by atoms with Gasteiger partial charge in [-0.1, -0.05) is 12.1 Å². The molecule has 0 aliphatic carbocycles. The van der Waals surface area contributed by atoms with Crippen LogP contribution in [0.3, 0.4) is 0 Å². The molecule has 2 aromatic carbocycles. The van der Waals surface area contributed by atoms with E-state index in [4.69, 9.17) is 18.9 Å². The second-order valence-electron chi connectivity index (χ2n) is 8.22. The highest BCUT2D eigenvalue weighted by atomic mass is 19.3. The molecule has 0 heterocycles. The molecule has 2 aromatic rings. The van der Waals surface area contributed by atoms with E-state index in [0.717, 1.165) is 24.6 Å². The molecule has 37 heavy (non-hydrogen) atoms. The fourth-order valence-electron chi connectivity index (χ4n) is 3.12. The number of nitrogens with zero attached hydrogens (tertiary/aromatic N) is 1. The molecular weight excluding hydrogens is 495 g/mol. The largest absolute Gasteiger partial charge is 0.492 e. The second kappa shape index (κ2) is 15.1. The monoisotopic (exact) mass is 527 g/mol. The van der Waals surface area contributed by atoms with Gasteiger partial charge in [0, 0.05) is 26.0 Å². The van der Waals surface area contributed by atoms with E-state index in [-0.39, 0.29) is 51.7 Å². The lowest BCUT2D eigenvalue weighted by Crippen LogP contribution is -2.39. The fraction of sp³-hybridized carbons (Fsp3) is 0.462. The van der Waals surface area contributed by atoms with Crippen molar-refractivity contribution in [3.8, 4) is 11.5 Å². The van der Waals surface area contributed by atoms with Gasteiger partial charge in [-0.3, -0.25) is 0 Å². The van der Waals surface area contributed by atoms with Gasteiger partial charge in [0.25, 0.3) is 0 Å². The van der Waals surface area contributed by atoms with Crippen LogP contribution in [0.15, 0.2) is 48.5 Å². The summed E-state index contributed by atoms with van der Waals surface area (Å²) >= 11 is 0. The molecule has 8 nitrogen and oxygen atoms in total. The summed E-state index contributed by atoms with van der Waals surface area (Å²) in [6, 6.07) is 11.7. The lowest BCUT2D eigenvalue weighted by molar-refractivity contribution is -0.149. The highest BCUT2D eigenvalue weighted by Gasteiger charge is 2.21. The van der Waals surface area contributed by atoms with E-state index < -0.39 is 36.3 Å². The maximum absolute atomic E-state index is 13.1. The molecule has 2 rings (SSSR count). The molecule has 1 unspecified atom stereocenters. The Morgan fingerprint density at radius 2 is 1.59 bits per heavy atom. The third-order valence-corrected chi connectivity index (χ3v) is 5.09. The minimum absolute atomic E-state index is 0.00781. The predicted octanol–water partition coefficient (Wildman–Crippen LogP) is 4.80. The summed E-state index contributed by atoms with van der Waals surface area (Å²) in [6.07, 6.45) is -1.91. The van der Waals surface area contributed by atoms with Crippen molar-refractivity contribution in [2.24, 2.45) is 0 Å². The molecule has 0 bridgehead atoms. The molecule has 0 radical (unpaired) electrons. The molecule has 0 fully saturated rings. The van der Waals surface area contributed by atoms with Gasteiger partial charge < -0.3 is 29.0 Å². The van der Waals surface area contributed by atoms with Crippen LogP contribution >= 0.6 is 0 Å². The summed E-state index contributed by atoms with van der Waals surface area (Å²) in [5.74, 6) is -3.72. The number of amides is 1. The Morgan fingerprint density at radius 3 is 2.19 bits per heavy atom. The molecule has 0 saturated carbocycles. The third-order valence-electron chi connectivity index (χ3n) is 5.09. The first-order chi connectivity index (χ1) is 17.6. The standard InChI is InChI=1S/C26H32F3NO7/c1-3-35-23(24(31)32)18-19-4-8-21(9-5-19)36-17-14-30(13-16-34-15-12-26(2,28)29)25(33)37-22-10-6-20(27)7-11-22/h4-11,23H,3,12-18H2,1-2H3,(H,31,32). The molecule has 1 atom stereocenters. The Balaban J connectivity index is 1.90. The zero-order valence-corrected chi connectivity index (χ0v) is 20.8. The Hall–Kier alpha value is -3.31. The van der Waals surface area contributed by atoms with E-state index in [0.29, 0.717) is 5.75 Å². The summed E-state index contributed by atoms with van der Waals surface area (Å²) in [4.78, 5) is 25.2. The first-order valence-electron chi connectivity index (χ1n) is 11.8. The number of halogens is 3. The van der Waals surface area contributed by atoms with Gasteiger partial charge in [0.1, 0.15) is 23.9 Å². The summed E-state index contributed by atoms with van der Waals surface area (Å²) in [6.45, 7) is 2.90. The van der Waals surface area contributed by atoms with Gasteiger partial charge >= 0.3 is 12.1 Å². The van der Waals surface area contributed by atoms with Crippen LogP contribution in [-0.4, -0.2) is 73.6 Å². The van der Waals surface area contributed by atoms with E-state index in [1.165, 1.54) is 17.0 Å². The Labute approximate surface area is 213 Å². The van der Waals surface area contributed by atoms with Crippen LogP contribution in [0.4, 0.5) is 18.0 Å². The van der Waals surface area contributed by atoms with E-state index >= 15 is 0 Å². The van der Waals surface area contributed by atoms with Crippen LogP contribution in [0, 0.1) is 5.82 Å². The molecule has 0 aliphatic heterocycles. The Bertz CT molecular complexity index is 966. The average molecular weight is 528 g/mol. The number of carbonyl (C=O) groups excluding carboxylic acids is 1. The quantitative estimate of drug-likeness (QED) is 0.314. The van der Waals surface area contributed by atoms with E-state index in [2.05, 4.69) is 0 Å². The van der Waals surface area contributed by atoms with Gasteiger partial charge in [-0.05, 0) is 55.8 Å². The van der Waals surface area contributed by atoms with Crippen molar-refractivity contribution in [1.82, 2.24) is 4.90 Å². The first-order valence-corrected chi connectivity index (χ1v) is 11.8. The van der Waals surface area contributed by atoms with Crippen molar-refractivity contribution in [1.29, 1.82) is 0 Å². The number of carboxylic acid groups (broad SMARTS) is 1. The zero-order chi connectivity index (χ0) is 27.3. The van der Waals surface area contributed by atoms with Gasteiger partial charge in [0.15, 0.2) is 6.10 Å². The number of hydrogen-bond acceptors (Lipinski definition) is 6. The maximum Gasteiger partial charge on any atom is 0.415 e. The third kappa shape index (κ3) is 12.0. The van der Waals surface area contributed by atoms with Crippen molar-refractivity contribution in [2.45, 2.75) is 38.7 Å². The molecule has 0 saturated heterocycles. The zero-order valence-electron chi connectivity index (χ0n) is 20.8. The summed E-state index contributed by atoms with van der Waals surface area (Å²) in [5.41, 5.74) is 0.757. The summed E-state index contributed by atoms with van der Waals surface area (Å²) in [7, 11) is 0. The minimum atomic E-state index is -2.85. The minimum Gasteiger partial charge on any atom is -0.492 e. The normalized spacial score (nSPS) is 12.1. The first kappa shape index (κ1) is 29.9. The number of hydrogen-bond donors (Lipinski definition) is 1. The highest BCUT2D eigenvalue weighted by molar-refractivity contribution is 5.72. The van der Waals surface area contributed by atoms with Crippen LogP contribution in [0.1, 0.15) is 25.8 Å². The molecule has 1 amide bonds. The van der Waals surface area contributed by atoms with Gasteiger partial charge in [-0.2, -0.15) is 0 Å².